The standard InChI is InChI=1S/C51H62N10O4/c1-30(2)32(5)48(62)59-26-10-12-41(59)44-52-28-39(54-44)33-14-18-35(19-15-33)46-57-58-47(61(46)38-24-22-37(23-25-38)51(6,7)8)36-20-16-34(17-21-36)40-29-53-45(55-40)42-13-11-27-60(42)49(63)43(31(3)4)56-50(64)65-9/h14-25,28-32,41-43H,10-13,26-27H2,1-9H3,(H,52,54)(H,53,55)(H,56,64)/t32?,41-,42?,43?/m0/s1. The molecule has 6 aromatic rings. The number of carbonyl (C=O) groups excluding carboxylic acids is 3. The molecule has 3 amide bonds. The maximum Gasteiger partial charge on any atom is 0.407 e. The van der Waals surface area contributed by atoms with Gasteiger partial charge in [-0.2, -0.15) is 0 Å². The third-order valence-corrected chi connectivity index (χ3v) is 13.2. The second-order valence-electron chi connectivity index (χ2n) is 19.3. The van der Waals surface area contributed by atoms with Crippen LogP contribution in [0.25, 0.3) is 51.0 Å². The van der Waals surface area contributed by atoms with Gasteiger partial charge < -0.3 is 29.8 Å². The number of nitrogens with zero attached hydrogens (tertiary/aromatic N) is 7. The Kier molecular flexibility index (Phi) is 12.8. The third kappa shape index (κ3) is 9.21. The van der Waals surface area contributed by atoms with Crippen molar-refractivity contribution in [2.75, 3.05) is 20.2 Å². The largest absolute Gasteiger partial charge is 0.453 e. The summed E-state index contributed by atoms with van der Waals surface area (Å²) in [5.41, 5.74) is 7.61. The zero-order valence-corrected chi connectivity index (χ0v) is 39.1. The van der Waals surface area contributed by atoms with Gasteiger partial charge in [0, 0.05) is 35.8 Å². The summed E-state index contributed by atoms with van der Waals surface area (Å²) < 4.78 is 6.90. The fourth-order valence-electron chi connectivity index (χ4n) is 8.97. The minimum absolute atomic E-state index is 0.00993. The number of ether oxygens (including phenoxy) is 1. The topological polar surface area (TPSA) is 167 Å². The first-order chi connectivity index (χ1) is 31.1. The highest BCUT2D eigenvalue weighted by Crippen LogP contribution is 2.37. The van der Waals surface area contributed by atoms with Crippen LogP contribution in [-0.4, -0.2) is 88.6 Å². The smallest absolute Gasteiger partial charge is 0.407 e. The molecule has 2 saturated heterocycles. The van der Waals surface area contributed by atoms with Gasteiger partial charge in [-0.15, -0.1) is 10.2 Å². The summed E-state index contributed by atoms with van der Waals surface area (Å²) in [5.74, 6) is 3.11. The minimum atomic E-state index is -0.703. The first kappa shape index (κ1) is 45.0. The summed E-state index contributed by atoms with van der Waals surface area (Å²) in [6.07, 6.45) is 6.51. The number of amides is 3. The van der Waals surface area contributed by atoms with Gasteiger partial charge in [-0.25, -0.2) is 14.8 Å². The van der Waals surface area contributed by atoms with Gasteiger partial charge in [-0.05, 0) is 71.8 Å². The number of likely N-dealkylation sites (tertiary alicyclic amines) is 2. The van der Waals surface area contributed by atoms with Crippen LogP contribution in [0.2, 0.25) is 0 Å². The van der Waals surface area contributed by atoms with E-state index in [-0.39, 0.29) is 47.1 Å². The zero-order valence-electron chi connectivity index (χ0n) is 39.1. The Labute approximate surface area is 381 Å². The number of hydrogen-bond acceptors (Lipinski definition) is 8. The fraction of sp³-hybridized carbons (Fsp3) is 0.431. The van der Waals surface area contributed by atoms with Crippen LogP contribution in [0.5, 0.6) is 0 Å². The van der Waals surface area contributed by atoms with E-state index in [0.717, 1.165) is 77.4 Å². The van der Waals surface area contributed by atoms with Gasteiger partial charge in [0.15, 0.2) is 11.6 Å². The van der Waals surface area contributed by atoms with Crippen molar-refractivity contribution < 1.29 is 19.1 Å². The molecule has 0 spiro atoms. The summed E-state index contributed by atoms with van der Waals surface area (Å²) in [6, 6.07) is 24.0. The Hall–Kier alpha value is -6.57. The van der Waals surface area contributed by atoms with Crippen LogP contribution in [0.15, 0.2) is 85.2 Å². The van der Waals surface area contributed by atoms with E-state index >= 15 is 0 Å². The summed E-state index contributed by atoms with van der Waals surface area (Å²) in [7, 11) is 1.30. The van der Waals surface area contributed by atoms with Crippen LogP contribution in [0.3, 0.4) is 0 Å². The molecule has 2 aliphatic heterocycles. The van der Waals surface area contributed by atoms with Gasteiger partial charge in [0.25, 0.3) is 0 Å². The molecule has 0 radical (unpaired) electrons. The molecule has 3 aromatic heterocycles. The molecule has 2 fully saturated rings. The lowest BCUT2D eigenvalue weighted by Crippen LogP contribution is -2.51. The van der Waals surface area contributed by atoms with Gasteiger partial charge in [0.05, 0.1) is 43.0 Å². The van der Waals surface area contributed by atoms with Crippen molar-refractivity contribution in [2.45, 2.75) is 105 Å². The predicted octanol–water partition coefficient (Wildman–Crippen LogP) is 9.68. The SMILES string of the molecule is COC(=O)NC(C(=O)N1CCCC1c1ncc(-c2ccc(-c3nnc(-c4ccc(-c5cnc([C@@H]6CCCN6C(=O)C(C)C(C)C)[nH]5)cc4)n3-c3ccc(C(C)(C)C)cc3)cc2)[nH]1)C(C)C. The fourth-order valence-corrected chi connectivity index (χ4v) is 8.97. The number of carbonyl (C=O) groups is 3. The quantitative estimate of drug-likeness (QED) is 0.109. The molecular weight excluding hydrogens is 817 g/mol. The third-order valence-electron chi connectivity index (χ3n) is 13.2. The number of imidazole rings is 2. The van der Waals surface area contributed by atoms with E-state index in [1.54, 1.807) is 0 Å². The molecular formula is C51H62N10O4. The molecule has 3 N–H and O–H groups in total. The van der Waals surface area contributed by atoms with Crippen LogP contribution in [0.1, 0.15) is 110 Å². The maximum atomic E-state index is 13.7. The van der Waals surface area contributed by atoms with Crippen LogP contribution in [0, 0.1) is 17.8 Å². The molecule has 14 heteroatoms. The Morgan fingerprint density at radius 2 is 1.12 bits per heavy atom. The first-order valence-corrected chi connectivity index (χ1v) is 23.0. The van der Waals surface area contributed by atoms with Crippen molar-refractivity contribution in [2.24, 2.45) is 17.8 Å². The van der Waals surface area contributed by atoms with E-state index in [1.807, 2.05) is 67.2 Å². The number of H-pyrrole nitrogens is 2. The van der Waals surface area contributed by atoms with Crippen LogP contribution in [0.4, 0.5) is 4.79 Å². The van der Waals surface area contributed by atoms with Gasteiger partial charge in [-0.1, -0.05) is 116 Å². The van der Waals surface area contributed by atoms with Gasteiger partial charge in [0.1, 0.15) is 17.7 Å². The van der Waals surface area contributed by atoms with Gasteiger partial charge in [0.2, 0.25) is 11.8 Å². The second-order valence-corrected chi connectivity index (χ2v) is 19.3. The zero-order chi connectivity index (χ0) is 46.2. The number of aromatic amines is 2. The van der Waals surface area contributed by atoms with Crippen molar-refractivity contribution in [1.82, 2.24) is 49.8 Å². The van der Waals surface area contributed by atoms with Crippen LogP contribution in [-0.2, 0) is 19.7 Å². The molecule has 0 bridgehead atoms. The maximum absolute atomic E-state index is 13.7. The summed E-state index contributed by atoms with van der Waals surface area (Å²) in [5, 5.41) is 12.3. The average Bonchev–Trinajstić information content (AvgIpc) is 4.16. The summed E-state index contributed by atoms with van der Waals surface area (Å²) >= 11 is 0. The molecule has 8 rings (SSSR count). The number of benzene rings is 3. The highest BCUT2D eigenvalue weighted by Gasteiger charge is 2.38. The lowest BCUT2D eigenvalue weighted by molar-refractivity contribution is -0.137. The molecule has 0 aliphatic carbocycles. The molecule has 5 heterocycles. The molecule has 4 atom stereocenters. The number of methoxy groups -OCH3 is 1. The highest BCUT2D eigenvalue weighted by molar-refractivity contribution is 5.86. The summed E-state index contributed by atoms with van der Waals surface area (Å²) in [4.78, 5) is 59.5. The molecule has 3 aromatic carbocycles. The predicted molar refractivity (Wildman–Crippen MR) is 252 cm³/mol. The number of rotatable bonds is 12. The lowest BCUT2D eigenvalue weighted by Gasteiger charge is -2.30. The Morgan fingerprint density at radius 1 is 0.662 bits per heavy atom. The van der Waals surface area contributed by atoms with Crippen LogP contribution >= 0.6 is 0 Å². The van der Waals surface area contributed by atoms with Crippen molar-refractivity contribution in [1.29, 1.82) is 0 Å². The number of hydrogen-bond donors (Lipinski definition) is 3. The molecule has 3 unspecified atom stereocenters. The van der Waals surface area contributed by atoms with Crippen molar-refractivity contribution in [3.63, 3.8) is 0 Å². The minimum Gasteiger partial charge on any atom is -0.453 e. The molecule has 0 saturated carbocycles. The van der Waals surface area contributed by atoms with E-state index in [1.165, 1.54) is 12.7 Å². The Morgan fingerprint density at radius 3 is 1.55 bits per heavy atom. The number of nitrogens with one attached hydrogen (secondary N) is 3. The first-order valence-electron chi connectivity index (χ1n) is 23.0. The monoisotopic (exact) mass is 878 g/mol. The van der Waals surface area contributed by atoms with E-state index in [2.05, 4.69) is 103 Å². The highest BCUT2D eigenvalue weighted by atomic mass is 16.5. The van der Waals surface area contributed by atoms with Crippen molar-refractivity contribution in [3.05, 3.63) is 102 Å². The van der Waals surface area contributed by atoms with Crippen LogP contribution < -0.4 is 5.32 Å². The van der Waals surface area contributed by atoms with E-state index < -0.39 is 12.1 Å². The molecule has 340 valence electrons. The van der Waals surface area contributed by atoms with Crippen molar-refractivity contribution >= 4 is 17.9 Å². The van der Waals surface area contributed by atoms with E-state index in [4.69, 9.17) is 24.9 Å². The second kappa shape index (κ2) is 18.5. The molecule has 65 heavy (non-hydrogen) atoms. The van der Waals surface area contributed by atoms with Gasteiger partial charge >= 0.3 is 6.09 Å². The Bertz CT molecular complexity index is 2620. The normalized spacial score (nSPS) is 17.5. The Balaban J connectivity index is 1.05. The molecule has 2 aliphatic rings. The summed E-state index contributed by atoms with van der Waals surface area (Å²) in [6.45, 7) is 18.0. The lowest BCUT2D eigenvalue weighted by atomic mass is 9.87. The van der Waals surface area contributed by atoms with Gasteiger partial charge in [-0.3, -0.25) is 14.2 Å². The number of aromatic nitrogens is 7. The average molecular weight is 879 g/mol. The van der Waals surface area contributed by atoms with Crippen molar-refractivity contribution in [3.8, 4) is 51.0 Å². The molecule has 14 nitrogen and oxygen atoms in total. The number of alkyl carbamates (subject to hydrolysis) is 1. The van der Waals surface area contributed by atoms with E-state index in [0.29, 0.717) is 24.0 Å². The van der Waals surface area contributed by atoms with E-state index in [9.17, 15) is 14.4 Å².